The molecule has 0 aliphatic carbocycles. The number of nitrogens with one attached hydrogen (secondary N) is 6. The number of pyridine rings is 1. The van der Waals surface area contributed by atoms with Crippen molar-refractivity contribution in [2.24, 2.45) is 0 Å². The minimum Gasteiger partial charge on any atom is -0.494 e. The molecule has 2 aromatic rings. The second kappa shape index (κ2) is 35.7. The van der Waals surface area contributed by atoms with Crippen LogP contribution in [0.25, 0.3) is 0 Å². The molecule has 94 heavy (non-hydrogen) atoms. The summed E-state index contributed by atoms with van der Waals surface area (Å²) in [5.41, 5.74) is -1.37. The van der Waals surface area contributed by atoms with Crippen LogP contribution in [-0.4, -0.2) is 207 Å². The Morgan fingerprint density at radius 1 is 0.681 bits per heavy atom. The summed E-state index contributed by atoms with van der Waals surface area (Å²) in [6, 6.07) is 4.15. The number of ether oxygens (including phenoxy) is 5. The van der Waals surface area contributed by atoms with Crippen molar-refractivity contribution in [3.8, 4) is 5.75 Å². The number of hydrogen-bond acceptors (Lipinski definition) is 22. The predicted octanol–water partition coefficient (Wildman–Crippen LogP) is 3.90. The van der Waals surface area contributed by atoms with Crippen molar-refractivity contribution in [1.82, 2.24) is 45.7 Å². The summed E-state index contributed by atoms with van der Waals surface area (Å²) >= 11 is 0. The highest BCUT2D eigenvalue weighted by molar-refractivity contribution is 7.89. The Hall–Kier alpha value is -6.99. The van der Waals surface area contributed by atoms with Gasteiger partial charge in [0.1, 0.15) is 51.8 Å². The Morgan fingerprint density at radius 2 is 1.23 bits per heavy atom. The first-order chi connectivity index (χ1) is 43.5. The van der Waals surface area contributed by atoms with Gasteiger partial charge >= 0.3 is 23.9 Å². The van der Waals surface area contributed by atoms with Crippen molar-refractivity contribution in [1.29, 1.82) is 0 Å². The molecule has 1 saturated heterocycles. The zero-order chi connectivity index (χ0) is 70.4. The van der Waals surface area contributed by atoms with Crippen molar-refractivity contribution >= 4 is 73.5 Å². The Labute approximate surface area is 554 Å². The van der Waals surface area contributed by atoms with E-state index in [0.717, 1.165) is 37.1 Å². The summed E-state index contributed by atoms with van der Waals surface area (Å²) in [5, 5.41) is 13.3. The minimum absolute atomic E-state index is 0.0253. The molecular weight excluding hydrogens is 1260 g/mol. The van der Waals surface area contributed by atoms with Crippen LogP contribution in [-0.2, 0) is 90.3 Å². The first-order valence-corrected chi connectivity index (χ1v) is 35.0. The summed E-state index contributed by atoms with van der Waals surface area (Å²) in [4.78, 5) is 116. The lowest BCUT2D eigenvalue weighted by Crippen LogP contribution is -2.52. The number of sulfonamides is 1. The first kappa shape index (κ1) is 79.4. The number of hydrogen-bond donors (Lipinski definition) is 7. The highest BCUT2D eigenvalue weighted by Crippen LogP contribution is 2.28. The molecular formula is C64H102N10O18S2. The molecule has 0 radical (unpaired) electrons. The maximum atomic E-state index is 14.0. The zero-order valence-corrected chi connectivity index (χ0v) is 58.9. The van der Waals surface area contributed by atoms with Crippen molar-refractivity contribution in [2.45, 2.75) is 201 Å². The van der Waals surface area contributed by atoms with Crippen LogP contribution in [0.4, 0.5) is 5.82 Å². The van der Waals surface area contributed by atoms with Gasteiger partial charge in [0.15, 0.2) is 5.70 Å². The van der Waals surface area contributed by atoms with Gasteiger partial charge in [-0.25, -0.2) is 18.2 Å². The van der Waals surface area contributed by atoms with E-state index in [2.05, 4.69) is 37.4 Å². The topological polar surface area (TPSA) is 366 Å². The van der Waals surface area contributed by atoms with E-state index >= 15 is 0 Å². The summed E-state index contributed by atoms with van der Waals surface area (Å²) in [5.74, 6) is -5.37. The maximum absolute atomic E-state index is 14.0. The van der Waals surface area contributed by atoms with Gasteiger partial charge in [-0.15, -0.1) is 0 Å². The van der Waals surface area contributed by atoms with Crippen LogP contribution in [0.5, 0.6) is 5.75 Å². The quantitative estimate of drug-likeness (QED) is 0.0185. The van der Waals surface area contributed by atoms with Crippen LogP contribution in [0.1, 0.15) is 157 Å². The summed E-state index contributed by atoms with van der Waals surface area (Å²) in [7, 11) is -9.31. The number of rotatable bonds is 31. The van der Waals surface area contributed by atoms with Gasteiger partial charge in [0.25, 0.3) is 20.1 Å². The number of benzene rings is 1. The number of fused-ring (bicyclic) bond motifs is 1. The van der Waals surface area contributed by atoms with E-state index < -0.39 is 120 Å². The fourth-order valence-corrected chi connectivity index (χ4v) is 12.2. The van der Waals surface area contributed by atoms with Crippen LogP contribution >= 0.6 is 0 Å². The van der Waals surface area contributed by atoms with E-state index in [0.29, 0.717) is 38.1 Å². The third kappa shape index (κ3) is 31.0. The third-order valence-corrected chi connectivity index (χ3v) is 16.4. The summed E-state index contributed by atoms with van der Waals surface area (Å²) < 4.78 is 92.6. The van der Waals surface area contributed by atoms with E-state index in [1.165, 1.54) is 31.5 Å². The molecule has 7 N–H and O–H groups in total. The summed E-state index contributed by atoms with van der Waals surface area (Å²) in [6.07, 6.45) is 4.53. The number of carbonyl (C=O) groups is 8. The van der Waals surface area contributed by atoms with Crippen molar-refractivity contribution in [2.75, 3.05) is 89.7 Å². The number of nitrogens with zero attached hydrogens (tertiary/aromatic N) is 4. The minimum atomic E-state index is -4.85. The Balaban J connectivity index is 1.31. The Morgan fingerprint density at radius 3 is 1.80 bits per heavy atom. The molecule has 2 unspecified atom stereocenters. The van der Waals surface area contributed by atoms with Gasteiger partial charge in [-0.2, -0.15) is 8.42 Å². The van der Waals surface area contributed by atoms with Crippen molar-refractivity contribution < 1.29 is 83.4 Å². The summed E-state index contributed by atoms with van der Waals surface area (Å²) in [6.45, 7) is 25.5. The second-order valence-corrected chi connectivity index (χ2v) is 30.6. The molecule has 28 nitrogen and oxygen atoms in total. The normalized spacial score (nSPS) is 15.6. The van der Waals surface area contributed by atoms with Gasteiger partial charge in [0.05, 0.1) is 24.6 Å². The number of amides is 4. The van der Waals surface area contributed by atoms with Crippen LogP contribution in [0.2, 0.25) is 0 Å². The van der Waals surface area contributed by atoms with Crippen LogP contribution in [0, 0.1) is 13.8 Å². The van der Waals surface area contributed by atoms with Gasteiger partial charge in [-0.1, -0.05) is 6.07 Å². The smallest absolute Gasteiger partial charge is 0.357 e. The molecule has 1 aromatic carbocycles. The molecule has 0 saturated carbocycles. The molecule has 1 aromatic heterocycles. The van der Waals surface area contributed by atoms with E-state index in [-0.39, 0.29) is 101 Å². The van der Waals surface area contributed by atoms with E-state index in [4.69, 9.17) is 28.7 Å². The van der Waals surface area contributed by atoms with Crippen LogP contribution < -0.4 is 36.0 Å². The Bertz CT molecular complexity index is 3160. The predicted molar refractivity (Wildman–Crippen MR) is 351 cm³/mol. The van der Waals surface area contributed by atoms with E-state index in [9.17, 15) is 59.7 Å². The molecule has 2 aliphatic rings. The largest absolute Gasteiger partial charge is 0.494 e. The molecule has 30 heteroatoms. The molecule has 528 valence electrons. The number of aryl methyl sites for hydroxylation is 4. The lowest BCUT2D eigenvalue weighted by atomic mass is 10.1. The Kier molecular flexibility index (Phi) is 30.1. The monoisotopic (exact) mass is 1360 g/mol. The number of esters is 4. The van der Waals surface area contributed by atoms with E-state index in [1.54, 1.807) is 88.0 Å². The SMILES string of the molecule is Cc1cc(OCCCC(=O)NCCNC(=O)C(CS(=O)(=O)O)NC(=O)CCC(C(=O)OC(C)(C)C)N2CCN(CC(=O)OC(C)(C)C)CCN(CC(=O)OC(C)(C)C)CC2)cc(C)c1S(=O)(=O)N/C(=C/NC(=O)CCCCc1ccc2c(n1)NCCC2)C(=O)OC(C)(C)C. The number of aromatic nitrogens is 1. The fraction of sp³-hybridized carbons (Fsp3) is 0.672. The van der Waals surface area contributed by atoms with Gasteiger partial charge in [0, 0.05) is 90.1 Å². The molecule has 2 aliphatic heterocycles. The number of carbonyl (C=O) groups excluding carboxylic acids is 8. The number of anilines is 1. The van der Waals surface area contributed by atoms with Gasteiger partial charge in [-0.05, 0) is 177 Å². The van der Waals surface area contributed by atoms with Gasteiger partial charge < -0.3 is 50.3 Å². The average Bonchev–Trinajstić information content (AvgIpc) is 0.840. The molecule has 3 heterocycles. The third-order valence-electron chi connectivity index (χ3n) is 14.0. The second-order valence-electron chi connectivity index (χ2n) is 27.5. The molecule has 2 atom stereocenters. The molecule has 1 fully saturated rings. The van der Waals surface area contributed by atoms with Gasteiger partial charge in [-0.3, -0.25) is 57.5 Å². The van der Waals surface area contributed by atoms with Crippen molar-refractivity contribution in [3.63, 3.8) is 0 Å². The fourth-order valence-electron chi connectivity index (χ4n) is 10.1. The lowest BCUT2D eigenvalue weighted by molar-refractivity contribution is -0.163. The zero-order valence-electron chi connectivity index (χ0n) is 57.3. The molecule has 0 bridgehead atoms. The first-order valence-electron chi connectivity index (χ1n) is 31.9. The highest BCUT2D eigenvalue weighted by atomic mass is 32.2. The number of unbranched alkanes of at least 4 members (excludes halogenated alkanes) is 1. The van der Waals surface area contributed by atoms with Crippen LogP contribution in [0.3, 0.4) is 0 Å². The molecule has 0 spiro atoms. The maximum Gasteiger partial charge on any atom is 0.357 e. The lowest BCUT2D eigenvalue weighted by Gasteiger charge is -2.34. The standard InChI is InChI=1S/C64H102N10O18S2/c1-43-37-47(38-44(2)56(43)94(86,87)71-48(59(81)91-63(9,10)11)39-68-52(76)21-16-15-20-46-24-23-45-19-17-27-66-57(45)69-46)88-36-18-22-51(75)65-28-29-67-58(80)49(42-93(83,84)85)70-53(77)26-25-50(60(82)92-64(12,13)14)74-34-32-72(40-54(78)89-61(3,4)5)30-31-73(33-35-74)41-55(79)90-62(6,7)8/h23-24,37-39,49-50,71H,15-22,25-36,40-42H2,1-14H3,(H,65,75)(H,66,69)(H,67,80)(H,68,76)(H,70,77)(H,83,84,85)/b48-39+. The van der Waals surface area contributed by atoms with Gasteiger partial charge in [0.2, 0.25) is 23.6 Å². The van der Waals surface area contributed by atoms with Crippen molar-refractivity contribution in [3.05, 3.63) is 58.5 Å². The average molecular weight is 1360 g/mol. The van der Waals surface area contributed by atoms with E-state index in [1.807, 2.05) is 15.9 Å². The molecule has 4 rings (SSSR count). The molecule has 4 amide bonds. The highest BCUT2D eigenvalue weighted by Gasteiger charge is 2.35. The van der Waals surface area contributed by atoms with Crippen LogP contribution in [0.15, 0.2) is 41.1 Å².